The maximum absolute atomic E-state index is 12.7. The lowest BCUT2D eigenvalue weighted by Gasteiger charge is -2.44. The average molecular weight is 404 g/mol. The van der Waals surface area contributed by atoms with Crippen LogP contribution in [0.5, 0.6) is 0 Å². The van der Waals surface area contributed by atoms with Crippen LogP contribution in [0, 0.1) is 0 Å². The number of methoxy groups -OCH3 is 2. The number of benzene rings is 2. The Morgan fingerprint density at radius 2 is 1.07 bits per heavy atom. The van der Waals surface area contributed by atoms with Gasteiger partial charge in [-0.15, -0.1) is 0 Å². The fourth-order valence-electron chi connectivity index (χ4n) is 4.35. The molecule has 154 valence electrons. The summed E-state index contributed by atoms with van der Waals surface area (Å²) in [6, 6.07) is 14.8. The summed E-state index contributed by atoms with van der Waals surface area (Å²) in [5.74, 6) is 0.963. The van der Waals surface area contributed by atoms with Crippen LogP contribution in [0.15, 0.2) is 60.9 Å². The summed E-state index contributed by atoms with van der Waals surface area (Å²) in [6.07, 6.45) is 3.46. The van der Waals surface area contributed by atoms with Crippen LogP contribution < -0.4 is 0 Å². The zero-order valence-corrected chi connectivity index (χ0v) is 17.5. The molecule has 0 bridgehead atoms. The molecule has 2 heterocycles. The highest BCUT2D eigenvalue weighted by Crippen LogP contribution is 2.48. The van der Waals surface area contributed by atoms with Crippen molar-refractivity contribution in [3.8, 4) is 0 Å². The first-order valence-corrected chi connectivity index (χ1v) is 9.76. The van der Waals surface area contributed by atoms with Crippen molar-refractivity contribution in [2.24, 2.45) is 0 Å². The van der Waals surface area contributed by atoms with Crippen LogP contribution in [0.4, 0.5) is 0 Å². The molecular formula is C24H24N2O4. The molecule has 2 aliphatic rings. The largest absolute Gasteiger partial charge is 0.495 e. The molecule has 4 rings (SSSR count). The van der Waals surface area contributed by atoms with E-state index in [0.717, 1.165) is 22.3 Å². The van der Waals surface area contributed by atoms with Crippen LogP contribution in [-0.4, -0.2) is 35.8 Å². The Morgan fingerprint density at radius 3 is 1.40 bits per heavy atom. The minimum atomic E-state index is -0.419. The molecule has 0 fully saturated rings. The minimum Gasteiger partial charge on any atom is -0.495 e. The maximum Gasteiger partial charge on any atom is 0.224 e. The second-order valence-electron chi connectivity index (χ2n) is 7.31. The Balaban J connectivity index is 1.98. The zero-order valence-electron chi connectivity index (χ0n) is 17.5. The van der Waals surface area contributed by atoms with E-state index in [0.29, 0.717) is 11.5 Å². The molecule has 30 heavy (non-hydrogen) atoms. The molecule has 2 aromatic carbocycles. The number of hydrogen-bond acceptors (Lipinski definition) is 4. The van der Waals surface area contributed by atoms with E-state index < -0.39 is 12.1 Å². The quantitative estimate of drug-likeness (QED) is 0.773. The van der Waals surface area contributed by atoms with E-state index in [1.54, 1.807) is 36.4 Å². The van der Waals surface area contributed by atoms with Crippen molar-refractivity contribution in [1.29, 1.82) is 0 Å². The molecule has 0 aromatic heterocycles. The number of ether oxygens (including phenoxy) is 2. The molecular weight excluding hydrogens is 380 g/mol. The highest BCUT2D eigenvalue weighted by molar-refractivity contribution is 5.83. The summed E-state index contributed by atoms with van der Waals surface area (Å²) in [6.45, 7) is 3.04. The minimum absolute atomic E-state index is 0.133. The van der Waals surface area contributed by atoms with Gasteiger partial charge >= 0.3 is 0 Å². The van der Waals surface area contributed by atoms with Crippen molar-refractivity contribution in [2.45, 2.75) is 25.9 Å². The van der Waals surface area contributed by atoms with E-state index >= 15 is 0 Å². The van der Waals surface area contributed by atoms with Gasteiger partial charge in [0, 0.05) is 25.0 Å². The smallest absolute Gasteiger partial charge is 0.224 e. The van der Waals surface area contributed by atoms with Gasteiger partial charge < -0.3 is 19.3 Å². The third kappa shape index (κ3) is 3.05. The van der Waals surface area contributed by atoms with Gasteiger partial charge in [0.15, 0.2) is 0 Å². The number of carbonyl (C=O) groups excluding carboxylic acids is 2. The van der Waals surface area contributed by atoms with Gasteiger partial charge in [0.2, 0.25) is 11.8 Å². The topological polar surface area (TPSA) is 59.1 Å². The molecule has 2 aliphatic heterocycles. The van der Waals surface area contributed by atoms with Gasteiger partial charge in [-0.2, -0.15) is 0 Å². The summed E-state index contributed by atoms with van der Waals surface area (Å²) < 4.78 is 11.1. The van der Waals surface area contributed by atoms with Gasteiger partial charge in [-0.1, -0.05) is 48.5 Å². The van der Waals surface area contributed by atoms with Crippen LogP contribution >= 0.6 is 0 Å². The first kappa shape index (κ1) is 19.8. The highest BCUT2D eigenvalue weighted by Gasteiger charge is 2.43. The number of amides is 2. The summed E-state index contributed by atoms with van der Waals surface area (Å²) in [7, 11) is 3.18. The summed E-state index contributed by atoms with van der Waals surface area (Å²) >= 11 is 0. The van der Waals surface area contributed by atoms with E-state index in [1.807, 2.05) is 48.5 Å². The molecule has 0 N–H and O–H groups in total. The predicted molar refractivity (Wildman–Crippen MR) is 113 cm³/mol. The van der Waals surface area contributed by atoms with E-state index in [1.165, 1.54) is 13.8 Å². The normalized spacial score (nSPS) is 19.9. The molecule has 0 spiro atoms. The Hall–Kier alpha value is -3.54. The van der Waals surface area contributed by atoms with Gasteiger partial charge in [0.25, 0.3) is 0 Å². The Labute approximate surface area is 176 Å². The molecule has 2 atom stereocenters. The molecule has 6 nitrogen and oxygen atoms in total. The second kappa shape index (κ2) is 7.71. The van der Waals surface area contributed by atoms with E-state index in [9.17, 15) is 9.59 Å². The van der Waals surface area contributed by atoms with E-state index in [-0.39, 0.29) is 11.8 Å². The number of rotatable bonds is 3. The van der Waals surface area contributed by atoms with Gasteiger partial charge in [-0.05, 0) is 11.1 Å². The SMILES string of the molecule is COC1=CN(C(C)=O)[C@H]([C@@H]2c3ccccc3C(OC)=CN2C(C)=O)c2ccccc21. The second-order valence-corrected chi connectivity index (χ2v) is 7.31. The fourth-order valence-corrected chi connectivity index (χ4v) is 4.35. The lowest BCUT2D eigenvalue weighted by Crippen LogP contribution is -2.44. The van der Waals surface area contributed by atoms with Crippen molar-refractivity contribution in [2.75, 3.05) is 14.2 Å². The molecule has 0 saturated carbocycles. The van der Waals surface area contributed by atoms with Crippen molar-refractivity contribution in [3.05, 3.63) is 83.2 Å². The zero-order chi connectivity index (χ0) is 21.4. The van der Waals surface area contributed by atoms with Gasteiger partial charge in [-0.3, -0.25) is 9.59 Å². The lowest BCUT2D eigenvalue weighted by molar-refractivity contribution is -0.135. The van der Waals surface area contributed by atoms with Crippen molar-refractivity contribution in [1.82, 2.24) is 9.80 Å². The van der Waals surface area contributed by atoms with Crippen molar-refractivity contribution >= 4 is 23.3 Å². The van der Waals surface area contributed by atoms with Gasteiger partial charge in [0.05, 0.1) is 38.7 Å². The van der Waals surface area contributed by atoms with Crippen LogP contribution in [0.1, 0.15) is 48.2 Å². The third-order valence-corrected chi connectivity index (χ3v) is 5.67. The van der Waals surface area contributed by atoms with Gasteiger partial charge in [-0.25, -0.2) is 0 Å². The maximum atomic E-state index is 12.7. The van der Waals surface area contributed by atoms with Crippen LogP contribution in [0.2, 0.25) is 0 Å². The first-order valence-electron chi connectivity index (χ1n) is 9.76. The van der Waals surface area contributed by atoms with Gasteiger partial charge in [0.1, 0.15) is 11.5 Å². The summed E-state index contributed by atoms with van der Waals surface area (Å²) in [5.41, 5.74) is 3.66. The Morgan fingerprint density at radius 1 is 0.700 bits per heavy atom. The molecule has 0 saturated heterocycles. The summed E-state index contributed by atoms with van der Waals surface area (Å²) in [5, 5.41) is 0. The standard InChI is InChI=1S/C24H24N2O4/c1-15(27)25-13-21(29-3)17-9-5-7-11-19(17)23(25)24-20-12-8-6-10-18(20)22(30-4)14-26(24)16(2)28/h5-14,23-24H,1-4H3/t23-,24-/m0/s1. The van der Waals surface area contributed by atoms with E-state index in [4.69, 9.17) is 9.47 Å². The molecule has 6 heteroatoms. The molecule has 0 radical (unpaired) electrons. The number of hydrogen-bond donors (Lipinski definition) is 0. The van der Waals surface area contributed by atoms with Crippen molar-refractivity contribution in [3.63, 3.8) is 0 Å². The molecule has 0 unspecified atom stereocenters. The predicted octanol–water partition coefficient (Wildman–Crippen LogP) is 4.08. The Bertz CT molecular complexity index is 987. The van der Waals surface area contributed by atoms with Crippen LogP contribution in [0.25, 0.3) is 11.5 Å². The highest BCUT2D eigenvalue weighted by atomic mass is 16.5. The lowest BCUT2D eigenvalue weighted by atomic mass is 9.82. The van der Waals surface area contributed by atoms with Crippen molar-refractivity contribution < 1.29 is 19.1 Å². The molecule has 2 amide bonds. The van der Waals surface area contributed by atoms with E-state index in [2.05, 4.69) is 0 Å². The fraction of sp³-hybridized carbons (Fsp3) is 0.250. The molecule has 0 aliphatic carbocycles. The molecule has 2 aromatic rings. The van der Waals surface area contributed by atoms with Crippen LogP contribution in [-0.2, 0) is 19.1 Å². The monoisotopic (exact) mass is 404 g/mol. The van der Waals surface area contributed by atoms with Crippen LogP contribution in [0.3, 0.4) is 0 Å². The number of nitrogens with zero attached hydrogens (tertiary/aromatic N) is 2. The third-order valence-electron chi connectivity index (χ3n) is 5.67. The first-order chi connectivity index (χ1) is 14.5. The Kier molecular flexibility index (Phi) is 5.08. The number of carbonyl (C=O) groups is 2. The average Bonchev–Trinajstić information content (AvgIpc) is 2.76. The summed E-state index contributed by atoms with van der Waals surface area (Å²) in [4.78, 5) is 28.7. The number of fused-ring (bicyclic) bond motifs is 2.